The molecule has 1 aromatic heterocycles. The Kier molecular flexibility index (Phi) is 6.45. The summed E-state index contributed by atoms with van der Waals surface area (Å²) in [7, 11) is 1.36. The number of nitrogens with one attached hydrogen (secondary N) is 1. The third kappa shape index (κ3) is 5.61. The van der Waals surface area contributed by atoms with Crippen LogP contribution in [0.15, 0.2) is 12.3 Å². The number of rotatable bonds is 4. The Bertz CT molecular complexity index is 647. The number of aryl methyl sites for hydroxylation is 1. The number of esters is 1. The zero-order chi connectivity index (χ0) is 19.3. The SMILES string of the molecule is COC(=O)c1cnc(C)cc1NCC1CCN(C(=O)OC(C)(C)C)CC1. The van der Waals surface area contributed by atoms with Crippen molar-refractivity contribution >= 4 is 17.7 Å². The maximum Gasteiger partial charge on any atom is 0.410 e. The summed E-state index contributed by atoms with van der Waals surface area (Å²) in [5.74, 6) is 0.0207. The molecule has 1 amide bonds. The lowest BCUT2D eigenvalue weighted by Gasteiger charge is -2.33. The smallest absolute Gasteiger partial charge is 0.410 e. The van der Waals surface area contributed by atoms with Gasteiger partial charge in [0.1, 0.15) is 11.2 Å². The first-order valence-electron chi connectivity index (χ1n) is 8.96. The number of ether oxygens (including phenoxy) is 2. The summed E-state index contributed by atoms with van der Waals surface area (Å²) < 4.78 is 10.2. The number of anilines is 1. The minimum Gasteiger partial charge on any atom is -0.465 e. The summed E-state index contributed by atoms with van der Waals surface area (Å²) in [5.41, 5.74) is 1.53. The summed E-state index contributed by atoms with van der Waals surface area (Å²) in [6.07, 6.45) is 3.07. The molecule has 26 heavy (non-hydrogen) atoms. The Hall–Kier alpha value is -2.31. The van der Waals surface area contributed by atoms with Crippen LogP contribution in [0.4, 0.5) is 10.5 Å². The molecule has 0 unspecified atom stereocenters. The number of carbonyl (C=O) groups is 2. The van der Waals surface area contributed by atoms with Crippen LogP contribution in [0.5, 0.6) is 0 Å². The van der Waals surface area contributed by atoms with E-state index in [1.54, 1.807) is 4.90 Å². The van der Waals surface area contributed by atoms with Gasteiger partial charge in [0, 0.05) is 31.5 Å². The van der Waals surface area contributed by atoms with Gasteiger partial charge in [-0.15, -0.1) is 0 Å². The van der Waals surface area contributed by atoms with Gasteiger partial charge in [-0.05, 0) is 52.5 Å². The van der Waals surface area contributed by atoms with Gasteiger partial charge in [-0.3, -0.25) is 4.98 Å². The minimum absolute atomic E-state index is 0.248. The molecule has 0 aliphatic carbocycles. The van der Waals surface area contributed by atoms with Crippen LogP contribution in [0.25, 0.3) is 0 Å². The topological polar surface area (TPSA) is 80.8 Å². The Morgan fingerprint density at radius 2 is 1.96 bits per heavy atom. The minimum atomic E-state index is -0.473. The third-order valence-electron chi connectivity index (χ3n) is 4.29. The number of carbonyl (C=O) groups excluding carboxylic acids is 2. The first kappa shape index (κ1) is 20.0. The van der Waals surface area contributed by atoms with Crippen LogP contribution in [0.1, 0.15) is 49.7 Å². The standard InChI is InChI=1S/C19H29N3O4/c1-13-10-16(15(12-20-13)17(23)25-5)21-11-14-6-8-22(9-7-14)18(24)26-19(2,3)4/h10,12,14H,6-9,11H2,1-5H3,(H,20,21). The lowest BCUT2D eigenvalue weighted by Crippen LogP contribution is -2.42. The van der Waals surface area contributed by atoms with Crippen molar-refractivity contribution in [2.75, 3.05) is 32.1 Å². The molecule has 1 N–H and O–H groups in total. The zero-order valence-corrected chi connectivity index (χ0v) is 16.3. The second-order valence-corrected chi connectivity index (χ2v) is 7.65. The fraction of sp³-hybridized carbons (Fsp3) is 0.632. The van der Waals surface area contributed by atoms with Gasteiger partial charge in [-0.1, -0.05) is 0 Å². The van der Waals surface area contributed by atoms with Crippen molar-refractivity contribution in [3.63, 3.8) is 0 Å². The summed E-state index contributed by atoms with van der Waals surface area (Å²) >= 11 is 0. The Labute approximate surface area is 155 Å². The van der Waals surface area contributed by atoms with Crippen LogP contribution in [-0.2, 0) is 9.47 Å². The van der Waals surface area contributed by atoms with Crippen molar-refractivity contribution in [3.8, 4) is 0 Å². The number of nitrogens with zero attached hydrogens (tertiary/aromatic N) is 2. The molecule has 2 heterocycles. The second kappa shape index (κ2) is 8.38. The number of likely N-dealkylation sites (tertiary alicyclic amines) is 1. The third-order valence-corrected chi connectivity index (χ3v) is 4.29. The highest BCUT2D eigenvalue weighted by Gasteiger charge is 2.27. The van der Waals surface area contributed by atoms with Gasteiger partial charge in [0.05, 0.1) is 12.8 Å². The fourth-order valence-corrected chi connectivity index (χ4v) is 2.88. The molecule has 1 fully saturated rings. The number of hydrogen-bond acceptors (Lipinski definition) is 6. The molecule has 0 spiro atoms. The second-order valence-electron chi connectivity index (χ2n) is 7.65. The van der Waals surface area contributed by atoms with Gasteiger partial charge in [-0.2, -0.15) is 0 Å². The lowest BCUT2D eigenvalue weighted by molar-refractivity contribution is 0.0188. The molecule has 1 saturated heterocycles. The predicted molar refractivity (Wildman–Crippen MR) is 99.3 cm³/mol. The molecule has 2 rings (SSSR count). The van der Waals surface area contributed by atoms with Crippen LogP contribution in [-0.4, -0.2) is 54.3 Å². The molecular weight excluding hydrogens is 334 g/mol. The van der Waals surface area contributed by atoms with E-state index in [4.69, 9.17) is 9.47 Å². The van der Waals surface area contributed by atoms with E-state index in [1.807, 2.05) is 33.8 Å². The average molecular weight is 363 g/mol. The van der Waals surface area contributed by atoms with Crippen LogP contribution >= 0.6 is 0 Å². The highest BCUT2D eigenvalue weighted by molar-refractivity contribution is 5.95. The van der Waals surface area contributed by atoms with E-state index in [2.05, 4.69) is 10.3 Å². The van der Waals surface area contributed by atoms with Crippen LogP contribution in [0, 0.1) is 12.8 Å². The summed E-state index contributed by atoms with van der Waals surface area (Å²) in [4.78, 5) is 29.9. The highest BCUT2D eigenvalue weighted by atomic mass is 16.6. The van der Waals surface area contributed by atoms with Crippen molar-refractivity contribution in [1.29, 1.82) is 0 Å². The molecule has 0 bridgehead atoms. The van der Waals surface area contributed by atoms with Crippen LogP contribution in [0.2, 0.25) is 0 Å². The Morgan fingerprint density at radius 1 is 1.31 bits per heavy atom. The van der Waals surface area contributed by atoms with E-state index < -0.39 is 11.6 Å². The first-order chi connectivity index (χ1) is 12.2. The largest absolute Gasteiger partial charge is 0.465 e. The van der Waals surface area contributed by atoms with E-state index in [0.717, 1.165) is 30.8 Å². The Balaban J connectivity index is 1.88. The van der Waals surface area contributed by atoms with Crippen molar-refractivity contribution < 1.29 is 19.1 Å². The van der Waals surface area contributed by atoms with E-state index >= 15 is 0 Å². The van der Waals surface area contributed by atoms with Gasteiger partial charge in [0.15, 0.2) is 0 Å². The van der Waals surface area contributed by atoms with Crippen LogP contribution < -0.4 is 5.32 Å². The molecule has 7 heteroatoms. The maximum atomic E-state index is 12.1. The number of piperidine rings is 1. The summed E-state index contributed by atoms with van der Waals surface area (Å²) in [5, 5.41) is 3.35. The van der Waals surface area contributed by atoms with E-state index in [-0.39, 0.29) is 6.09 Å². The van der Waals surface area contributed by atoms with Crippen molar-refractivity contribution in [1.82, 2.24) is 9.88 Å². The van der Waals surface area contributed by atoms with Gasteiger partial charge >= 0.3 is 12.1 Å². The zero-order valence-electron chi connectivity index (χ0n) is 16.3. The normalized spacial score (nSPS) is 15.5. The molecule has 1 aromatic rings. The van der Waals surface area contributed by atoms with Crippen molar-refractivity contribution in [3.05, 3.63) is 23.5 Å². The number of aromatic nitrogens is 1. The monoisotopic (exact) mass is 363 g/mol. The lowest BCUT2D eigenvalue weighted by atomic mass is 9.97. The quantitative estimate of drug-likeness (QED) is 0.827. The molecule has 0 aromatic carbocycles. The highest BCUT2D eigenvalue weighted by Crippen LogP contribution is 2.22. The molecule has 1 aliphatic heterocycles. The van der Waals surface area contributed by atoms with Crippen LogP contribution in [0.3, 0.4) is 0 Å². The predicted octanol–water partition coefficient (Wildman–Crippen LogP) is 3.24. The molecule has 1 aliphatic rings. The van der Waals surface area contributed by atoms with E-state index in [0.29, 0.717) is 24.6 Å². The van der Waals surface area contributed by atoms with Gasteiger partial charge in [-0.25, -0.2) is 9.59 Å². The fourth-order valence-electron chi connectivity index (χ4n) is 2.88. The Morgan fingerprint density at radius 3 is 2.54 bits per heavy atom. The van der Waals surface area contributed by atoms with Crippen molar-refractivity contribution in [2.24, 2.45) is 5.92 Å². The van der Waals surface area contributed by atoms with Crippen molar-refractivity contribution in [2.45, 2.75) is 46.1 Å². The first-order valence-corrected chi connectivity index (χ1v) is 8.96. The van der Waals surface area contributed by atoms with E-state index in [1.165, 1.54) is 13.3 Å². The summed E-state index contributed by atoms with van der Waals surface area (Å²) in [6.45, 7) is 9.59. The maximum absolute atomic E-state index is 12.1. The molecule has 144 valence electrons. The molecule has 0 atom stereocenters. The van der Waals surface area contributed by atoms with Gasteiger partial charge in [0.25, 0.3) is 0 Å². The molecule has 0 radical (unpaired) electrons. The average Bonchev–Trinajstić information content (AvgIpc) is 2.58. The number of hydrogen-bond donors (Lipinski definition) is 1. The summed E-state index contributed by atoms with van der Waals surface area (Å²) in [6, 6.07) is 1.85. The number of methoxy groups -OCH3 is 1. The molecular formula is C19H29N3O4. The van der Waals surface area contributed by atoms with Gasteiger partial charge < -0.3 is 19.7 Å². The number of pyridine rings is 1. The molecule has 0 saturated carbocycles. The number of amides is 1. The molecule has 7 nitrogen and oxygen atoms in total. The van der Waals surface area contributed by atoms with Gasteiger partial charge in [0.2, 0.25) is 0 Å². The van der Waals surface area contributed by atoms with E-state index in [9.17, 15) is 9.59 Å².